The van der Waals surface area contributed by atoms with Crippen molar-refractivity contribution in [2.75, 3.05) is 13.6 Å². The molecule has 1 rings (SSSR count). The van der Waals surface area contributed by atoms with Crippen molar-refractivity contribution >= 4 is 12.0 Å². The molecule has 0 aliphatic heterocycles. The maximum atomic E-state index is 12.3. The van der Waals surface area contributed by atoms with Gasteiger partial charge < -0.3 is 15.0 Å². The van der Waals surface area contributed by atoms with Crippen LogP contribution < -0.4 is 5.32 Å². The highest BCUT2D eigenvalue weighted by Crippen LogP contribution is 2.08. The fourth-order valence-electron chi connectivity index (χ4n) is 2.05. The lowest BCUT2D eigenvalue weighted by molar-refractivity contribution is -0.131. The average Bonchev–Trinajstić information content (AvgIpc) is 2.52. The molecular formula is C17H23N3O3. The van der Waals surface area contributed by atoms with Gasteiger partial charge in [-0.15, -0.1) is 0 Å². The van der Waals surface area contributed by atoms with Gasteiger partial charge in [-0.1, -0.05) is 44.2 Å². The van der Waals surface area contributed by atoms with Gasteiger partial charge in [0.2, 0.25) is 5.91 Å². The Morgan fingerprint density at radius 3 is 2.52 bits per heavy atom. The normalized spacial score (nSPS) is 11.4. The van der Waals surface area contributed by atoms with Crippen molar-refractivity contribution in [2.24, 2.45) is 5.92 Å². The van der Waals surface area contributed by atoms with Crippen LogP contribution in [-0.4, -0.2) is 36.5 Å². The second-order valence-electron chi connectivity index (χ2n) is 5.74. The quantitative estimate of drug-likeness (QED) is 0.782. The molecule has 0 spiro atoms. The first-order valence-electron chi connectivity index (χ1n) is 7.53. The lowest BCUT2D eigenvalue weighted by atomic mass is 10.0. The third-order valence-corrected chi connectivity index (χ3v) is 3.19. The summed E-state index contributed by atoms with van der Waals surface area (Å²) in [5.74, 6) is -0.0780. The van der Waals surface area contributed by atoms with Crippen LogP contribution in [0.15, 0.2) is 30.3 Å². The maximum absolute atomic E-state index is 12.3. The zero-order chi connectivity index (χ0) is 17.2. The van der Waals surface area contributed by atoms with Crippen LogP contribution in [0.5, 0.6) is 0 Å². The van der Waals surface area contributed by atoms with Gasteiger partial charge in [0.05, 0.1) is 6.07 Å². The van der Waals surface area contributed by atoms with Gasteiger partial charge in [0.1, 0.15) is 19.2 Å². The molecule has 0 aromatic heterocycles. The number of ether oxygens (including phenoxy) is 1. The third-order valence-electron chi connectivity index (χ3n) is 3.19. The molecule has 1 N–H and O–H groups in total. The summed E-state index contributed by atoms with van der Waals surface area (Å²) in [5.41, 5.74) is 0.871. The summed E-state index contributed by atoms with van der Waals surface area (Å²) in [7, 11) is 1.54. The number of nitrogens with one attached hydrogen (secondary N) is 1. The molecule has 0 saturated heterocycles. The molecule has 6 nitrogen and oxygen atoms in total. The van der Waals surface area contributed by atoms with Crippen LogP contribution >= 0.6 is 0 Å². The van der Waals surface area contributed by atoms with E-state index in [2.05, 4.69) is 5.32 Å². The monoisotopic (exact) mass is 317 g/mol. The number of nitriles is 1. The molecule has 1 aromatic rings. The molecule has 0 unspecified atom stereocenters. The van der Waals surface area contributed by atoms with E-state index in [1.165, 1.54) is 11.9 Å². The van der Waals surface area contributed by atoms with Crippen LogP contribution in [0, 0.1) is 17.2 Å². The smallest absolute Gasteiger partial charge is 0.408 e. The molecule has 0 heterocycles. The van der Waals surface area contributed by atoms with Gasteiger partial charge in [0, 0.05) is 7.05 Å². The summed E-state index contributed by atoms with van der Waals surface area (Å²) in [6.45, 7) is 4.04. The summed E-state index contributed by atoms with van der Waals surface area (Å²) in [6, 6.07) is 10.5. The summed E-state index contributed by atoms with van der Waals surface area (Å²) < 4.78 is 5.14. The fraction of sp³-hybridized carbons (Fsp3) is 0.471. The van der Waals surface area contributed by atoms with E-state index < -0.39 is 12.1 Å². The minimum Gasteiger partial charge on any atom is -0.445 e. The molecule has 0 fully saturated rings. The number of nitrogens with zero attached hydrogens (tertiary/aromatic N) is 2. The minimum atomic E-state index is -0.698. The van der Waals surface area contributed by atoms with E-state index in [4.69, 9.17) is 10.00 Å². The topological polar surface area (TPSA) is 82.4 Å². The van der Waals surface area contributed by atoms with E-state index in [1.807, 2.05) is 50.2 Å². The number of hydrogen-bond donors (Lipinski definition) is 1. The van der Waals surface area contributed by atoms with E-state index >= 15 is 0 Å². The minimum absolute atomic E-state index is 0.0197. The molecule has 23 heavy (non-hydrogen) atoms. The van der Waals surface area contributed by atoms with Gasteiger partial charge in [0.15, 0.2) is 0 Å². The Morgan fingerprint density at radius 1 is 1.30 bits per heavy atom. The zero-order valence-electron chi connectivity index (χ0n) is 13.8. The van der Waals surface area contributed by atoms with Gasteiger partial charge in [-0.05, 0) is 17.9 Å². The highest BCUT2D eigenvalue weighted by Gasteiger charge is 2.25. The molecule has 0 aliphatic rings. The molecule has 1 aromatic carbocycles. The Kier molecular flexibility index (Phi) is 7.61. The second-order valence-corrected chi connectivity index (χ2v) is 5.74. The van der Waals surface area contributed by atoms with Crippen LogP contribution in [0.25, 0.3) is 0 Å². The van der Waals surface area contributed by atoms with Crippen molar-refractivity contribution in [2.45, 2.75) is 32.9 Å². The van der Waals surface area contributed by atoms with Crippen molar-refractivity contribution < 1.29 is 14.3 Å². The Morgan fingerprint density at radius 2 is 1.96 bits per heavy atom. The van der Waals surface area contributed by atoms with Gasteiger partial charge in [-0.3, -0.25) is 4.79 Å². The van der Waals surface area contributed by atoms with Crippen LogP contribution in [-0.2, 0) is 16.1 Å². The fourth-order valence-corrected chi connectivity index (χ4v) is 2.05. The van der Waals surface area contributed by atoms with E-state index in [0.29, 0.717) is 6.42 Å². The number of amides is 2. The first-order valence-corrected chi connectivity index (χ1v) is 7.53. The van der Waals surface area contributed by atoms with Gasteiger partial charge in [-0.25, -0.2) is 4.79 Å². The van der Waals surface area contributed by atoms with Gasteiger partial charge in [0.25, 0.3) is 0 Å². The predicted octanol–water partition coefficient (Wildman–Crippen LogP) is 2.31. The molecule has 0 aliphatic carbocycles. The van der Waals surface area contributed by atoms with Crippen LogP contribution in [0.3, 0.4) is 0 Å². The Labute approximate surface area is 137 Å². The summed E-state index contributed by atoms with van der Waals surface area (Å²) in [5, 5.41) is 11.3. The number of carbonyl (C=O) groups excluding carboxylic acids is 2. The van der Waals surface area contributed by atoms with Crippen LogP contribution in [0.2, 0.25) is 0 Å². The summed E-state index contributed by atoms with van der Waals surface area (Å²) in [4.78, 5) is 25.5. The summed E-state index contributed by atoms with van der Waals surface area (Å²) in [6.07, 6.45) is -0.159. The molecule has 1 atom stereocenters. The van der Waals surface area contributed by atoms with E-state index in [-0.39, 0.29) is 25.0 Å². The molecule has 0 radical (unpaired) electrons. The molecule has 2 amide bonds. The zero-order valence-corrected chi connectivity index (χ0v) is 13.8. The van der Waals surface area contributed by atoms with Crippen molar-refractivity contribution in [3.63, 3.8) is 0 Å². The van der Waals surface area contributed by atoms with E-state index in [0.717, 1.165) is 5.56 Å². The number of alkyl carbamates (subject to hydrolysis) is 1. The standard InChI is InChI=1S/C17H23N3O3/c1-13(2)11-15(16(21)20(3)10-9-18)19-17(22)23-12-14-7-5-4-6-8-14/h4-8,13,15H,10-12H2,1-3H3,(H,19,22)/t15-/m0/s1. The highest BCUT2D eigenvalue weighted by molar-refractivity contribution is 5.85. The Bertz CT molecular complexity index is 552. The van der Waals surface area contributed by atoms with Crippen molar-refractivity contribution in [1.29, 1.82) is 5.26 Å². The highest BCUT2D eigenvalue weighted by atomic mass is 16.5. The molecule has 124 valence electrons. The second kappa shape index (κ2) is 9.46. The molecular weight excluding hydrogens is 294 g/mol. The number of hydrogen-bond acceptors (Lipinski definition) is 4. The average molecular weight is 317 g/mol. The van der Waals surface area contributed by atoms with Crippen LogP contribution in [0.4, 0.5) is 4.79 Å². The first kappa shape index (κ1) is 18.5. The first-order chi connectivity index (χ1) is 10.9. The Hall–Kier alpha value is -2.55. The maximum Gasteiger partial charge on any atom is 0.408 e. The van der Waals surface area contributed by atoms with E-state index in [1.54, 1.807) is 0 Å². The number of rotatable bonds is 7. The number of benzene rings is 1. The molecule has 0 saturated carbocycles. The number of carbonyl (C=O) groups is 2. The molecule has 6 heteroatoms. The number of likely N-dealkylation sites (N-methyl/N-ethyl adjacent to an activating group) is 1. The predicted molar refractivity (Wildman–Crippen MR) is 86.3 cm³/mol. The van der Waals surface area contributed by atoms with Crippen LogP contribution in [0.1, 0.15) is 25.8 Å². The summed E-state index contributed by atoms with van der Waals surface area (Å²) >= 11 is 0. The lowest BCUT2D eigenvalue weighted by Gasteiger charge is -2.23. The van der Waals surface area contributed by atoms with Gasteiger partial charge in [-0.2, -0.15) is 5.26 Å². The van der Waals surface area contributed by atoms with Crippen molar-refractivity contribution in [3.05, 3.63) is 35.9 Å². The van der Waals surface area contributed by atoms with Crippen molar-refractivity contribution in [3.8, 4) is 6.07 Å². The lowest BCUT2D eigenvalue weighted by Crippen LogP contribution is -2.48. The SMILES string of the molecule is CC(C)C[C@H](NC(=O)OCc1ccccc1)C(=O)N(C)CC#N. The van der Waals surface area contributed by atoms with E-state index in [9.17, 15) is 9.59 Å². The largest absolute Gasteiger partial charge is 0.445 e. The molecule has 0 bridgehead atoms. The van der Waals surface area contributed by atoms with Gasteiger partial charge >= 0.3 is 6.09 Å². The van der Waals surface area contributed by atoms with Crippen molar-refractivity contribution in [1.82, 2.24) is 10.2 Å². The Balaban J connectivity index is 2.60. The third kappa shape index (κ3) is 6.83.